The average molecular weight is 369 g/mol. The van der Waals surface area contributed by atoms with Crippen molar-refractivity contribution >= 4 is 22.2 Å². The molecule has 2 aliphatic rings. The van der Waals surface area contributed by atoms with Crippen LogP contribution in [0.3, 0.4) is 0 Å². The second-order valence-electron chi connectivity index (χ2n) is 7.55. The number of rotatable bonds is 5. The van der Waals surface area contributed by atoms with E-state index in [1.807, 2.05) is 30.3 Å². The number of thiophene rings is 1. The first-order chi connectivity index (χ1) is 12.8. The van der Waals surface area contributed by atoms with Gasteiger partial charge in [-0.05, 0) is 56.2 Å². The third-order valence-electron chi connectivity index (χ3n) is 5.72. The predicted molar refractivity (Wildman–Crippen MR) is 109 cm³/mol. The molecule has 0 atom stereocenters. The molecule has 138 valence electrons. The van der Waals surface area contributed by atoms with Crippen molar-refractivity contribution < 1.29 is 4.79 Å². The van der Waals surface area contributed by atoms with E-state index in [1.165, 1.54) is 60.9 Å². The molecule has 4 rings (SSSR count). The molecule has 2 aromatic rings. The highest BCUT2D eigenvalue weighted by atomic mass is 32.1. The Morgan fingerprint density at radius 3 is 2.58 bits per heavy atom. The Morgan fingerprint density at radius 1 is 1.00 bits per heavy atom. The minimum atomic E-state index is 0.00288. The summed E-state index contributed by atoms with van der Waals surface area (Å²) in [7, 11) is 0. The zero-order chi connectivity index (χ0) is 17.8. The first kappa shape index (κ1) is 17.7. The Kier molecular flexibility index (Phi) is 5.71. The third kappa shape index (κ3) is 4.02. The lowest BCUT2D eigenvalue weighted by molar-refractivity contribution is 0.102. The lowest BCUT2D eigenvalue weighted by Crippen LogP contribution is -2.31. The summed E-state index contributed by atoms with van der Waals surface area (Å²) in [5.41, 5.74) is 3.58. The van der Waals surface area contributed by atoms with Crippen molar-refractivity contribution in [1.29, 1.82) is 0 Å². The van der Waals surface area contributed by atoms with Gasteiger partial charge in [-0.25, -0.2) is 0 Å². The number of carbonyl (C=O) groups excluding carboxylic acids is 1. The van der Waals surface area contributed by atoms with E-state index in [-0.39, 0.29) is 5.91 Å². The summed E-state index contributed by atoms with van der Waals surface area (Å²) in [5, 5.41) is 8.06. The van der Waals surface area contributed by atoms with Crippen molar-refractivity contribution in [2.45, 2.75) is 70.4 Å². The topological polar surface area (TPSA) is 41.1 Å². The van der Waals surface area contributed by atoms with E-state index < -0.39 is 0 Å². The third-order valence-corrected chi connectivity index (χ3v) is 6.97. The van der Waals surface area contributed by atoms with Gasteiger partial charge in [-0.1, -0.05) is 37.5 Å². The van der Waals surface area contributed by atoms with Crippen molar-refractivity contribution in [3.8, 4) is 0 Å². The van der Waals surface area contributed by atoms with Crippen molar-refractivity contribution in [1.82, 2.24) is 5.32 Å². The van der Waals surface area contributed by atoms with Crippen LogP contribution in [0.1, 0.15) is 71.3 Å². The zero-order valence-electron chi connectivity index (χ0n) is 15.4. The van der Waals surface area contributed by atoms with Crippen LogP contribution in [0, 0.1) is 0 Å². The fraction of sp³-hybridized carbons (Fsp3) is 0.500. The normalized spacial score (nSPS) is 17.7. The molecule has 0 saturated heterocycles. The van der Waals surface area contributed by atoms with Crippen LogP contribution in [0.4, 0.5) is 5.00 Å². The molecule has 4 heteroatoms. The molecule has 0 unspecified atom stereocenters. The number of aryl methyl sites for hydroxylation is 1. The van der Waals surface area contributed by atoms with Crippen LogP contribution in [0.5, 0.6) is 0 Å². The molecule has 3 nitrogen and oxygen atoms in total. The molecular weight excluding hydrogens is 340 g/mol. The van der Waals surface area contributed by atoms with Gasteiger partial charge in [0.15, 0.2) is 0 Å². The lowest BCUT2D eigenvalue weighted by Gasteiger charge is -2.23. The minimum absolute atomic E-state index is 0.00288. The molecule has 1 aromatic heterocycles. The lowest BCUT2D eigenvalue weighted by atomic mass is 9.93. The first-order valence-corrected chi connectivity index (χ1v) is 10.9. The van der Waals surface area contributed by atoms with Crippen LogP contribution < -0.4 is 10.6 Å². The van der Waals surface area contributed by atoms with Gasteiger partial charge in [-0.2, -0.15) is 0 Å². The molecule has 0 spiro atoms. The summed E-state index contributed by atoms with van der Waals surface area (Å²) in [6.45, 7) is 0.890. The molecule has 1 fully saturated rings. The van der Waals surface area contributed by atoms with Crippen molar-refractivity contribution in [2.24, 2.45) is 0 Å². The molecule has 0 bridgehead atoms. The molecule has 2 aliphatic carbocycles. The largest absolute Gasteiger partial charge is 0.313 e. The number of anilines is 1. The van der Waals surface area contributed by atoms with Gasteiger partial charge in [0.2, 0.25) is 0 Å². The van der Waals surface area contributed by atoms with Crippen LogP contribution in [0.2, 0.25) is 0 Å². The number of amides is 1. The van der Waals surface area contributed by atoms with Gasteiger partial charge >= 0.3 is 0 Å². The van der Waals surface area contributed by atoms with E-state index in [0.717, 1.165) is 30.0 Å². The van der Waals surface area contributed by atoms with Gasteiger partial charge in [0.25, 0.3) is 5.91 Å². The van der Waals surface area contributed by atoms with Gasteiger partial charge < -0.3 is 10.6 Å². The van der Waals surface area contributed by atoms with E-state index in [9.17, 15) is 4.79 Å². The van der Waals surface area contributed by atoms with Gasteiger partial charge in [0.05, 0.1) is 0 Å². The standard InChI is InChI=1S/C22H28N2OS/c25-21(16-9-3-1-4-10-16)24-22-19(15-23-17-11-5-2-6-12-17)18-13-7-8-14-20(18)26-22/h1,3-4,9-10,17,23H,2,5-8,11-15H2,(H,24,25). The number of nitrogens with one attached hydrogen (secondary N) is 2. The molecule has 26 heavy (non-hydrogen) atoms. The second-order valence-corrected chi connectivity index (χ2v) is 8.66. The van der Waals surface area contributed by atoms with Crippen LogP contribution >= 0.6 is 11.3 Å². The van der Waals surface area contributed by atoms with Gasteiger partial charge in [0.1, 0.15) is 5.00 Å². The SMILES string of the molecule is O=C(Nc1sc2c(c1CNC1CCCCC1)CCCC2)c1ccccc1. The zero-order valence-corrected chi connectivity index (χ0v) is 16.2. The van der Waals surface area contributed by atoms with E-state index in [0.29, 0.717) is 6.04 Å². The summed E-state index contributed by atoms with van der Waals surface area (Å²) in [6, 6.07) is 10.2. The van der Waals surface area contributed by atoms with Gasteiger partial charge in [0, 0.05) is 28.6 Å². The number of benzene rings is 1. The summed E-state index contributed by atoms with van der Waals surface area (Å²) in [5.74, 6) is 0.00288. The Bertz CT molecular complexity index is 747. The number of fused-ring (bicyclic) bond motifs is 1. The highest BCUT2D eigenvalue weighted by Gasteiger charge is 2.23. The minimum Gasteiger partial charge on any atom is -0.313 e. The van der Waals surface area contributed by atoms with E-state index in [2.05, 4.69) is 10.6 Å². The molecule has 1 aromatic carbocycles. The van der Waals surface area contributed by atoms with Crippen molar-refractivity contribution in [3.05, 3.63) is 51.9 Å². The maximum absolute atomic E-state index is 12.7. The molecule has 0 aliphatic heterocycles. The molecule has 2 N–H and O–H groups in total. The van der Waals surface area contributed by atoms with E-state index >= 15 is 0 Å². The number of carbonyl (C=O) groups is 1. The predicted octanol–water partition coefficient (Wildman–Crippen LogP) is 5.30. The highest BCUT2D eigenvalue weighted by Crippen LogP contribution is 2.38. The maximum Gasteiger partial charge on any atom is 0.256 e. The van der Waals surface area contributed by atoms with Crippen LogP contribution in [0.25, 0.3) is 0 Å². The Labute approximate surface area is 160 Å². The fourth-order valence-corrected chi connectivity index (χ4v) is 5.54. The fourth-order valence-electron chi connectivity index (χ4n) is 4.24. The van der Waals surface area contributed by atoms with Crippen molar-refractivity contribution in [3.63, 3.8) is 0 Å². The molecule has 1 amide bonds. The van der Waals surface area contributed by atoms with Crippen LogP contribution in [-0.2, 0) is 19.4 Å². The van der Waals surface area contributed by atoms with Crippen LogP contribution in [-0.4, -0.2) is 11.9 Å². The Hall–Kier alpha value is -1.65. The average Bonchev–Trinajstić information content (AvgIpc) is 3.05. The highest BCUT2D eigenvalue weighted by molar-refractivity contribution is 7.16. The van der Waals surface area contributed by atoms with Crippen molar-refractivity contribution in [2.75, 3.05) is 5.32 Å². The summed E-state index contributed by atoms with van der Waals surface area (Å²) >= 11 is 1.80. The Balaban J connectivity index is 1.53. The molecule has 1 saturated carbocycles. The number of hydrogen-bond donors (Lipinski definition) is 2. The van der Waals surface area contributed by atoms with E-state index in [4.69, 9.17) is 0 Å². The Morgan fingerprint density at radius 2 is 1.77 bits per heavy atom. The summed E-state index contributed by atoms with van der Waals surface area (Å²) in [6.07, 6.45) is 11.5. The monoisotopic (exact) mass is 368 g/mol. The second kappa shape index (κ2) is 8.36. The quantitative estimate of drug-likeness (QED) is 0.752. The smallest absolute Gasteiger partial charge is 0.256 e. The number of hydrogen-bond acceptors (Lipinski definition) is 3. The van der Waals surface area contributed by atoms with Gasteiger partial charge in [-0.3, -0.25) is 4.79 Å². The molecular formula is C22H28N2OS. The maximum atomic E-state index is 12.7. The summed E-state index contributed by atoms with van der Waals surface area (Å²) in [4.78, 5) is 14.1. The van der Waals surface area contributed by atoms with Gasteiger partial charge in [-0.15, -0.1) is 11.3 Å². The first-order valence-electron chi connectivity index (χ1n) is 10.0. The summed E-state index contributed by atoms with van der Waals surface area (Å²) < 4.78 is 0. The molecule has 1 heterocycles. The molecule has 0 radical (unpaired) electrons. The van der Waals surface area contributed by atoms with Crippen LogP contribution in [0.15, 0.2) is 30.3 Å². The van der Waals surface area contributed by atoms with E-state index in [1.54, 1.807) is 11.3 Å².